The number of hydrogen-bond donors (Lipinski definition) is 6. The molecule has 3 saturated carbocycles. The molecular formula is C26H44N8O2. The summed E-state index contributed by atoms with van der Waals surface area (Å²) < 4.78 is 0. The van der Waals surface area contributed by atoms with Gasteiger partial charge in [0, 0.05) is 49.1 Å². The van der Waals surface area contributed by atoms with Crippen molar-refractivity contribution in [3.05, 3.63) is 0 Å². The Labute approximate surface area is 214 Å². The minimum absolute atomic E-state index is 0.0667. The summed E-state index contributed by atoms with van der Waals surface area (Å²) in [5, 5.41) is 19.5. The van der Waals surface area contributed by atoms with Gasteiger partial charge < -0.3 is 31.9 Å². The number of aliphatic imine (C=N–C) groups is 2. The molecule has 0 bridgehead atoms. The van der Waals surface area contributed by atoms with Crippen molar-refractivity contribution < 1.29 is 9.59 Å². The van der Waals surface area contributed by atoms with Crippen LogP contribution in [0.5, 0.6) is 0 Å². The van der Waals surface area contributed by atoms with E-state index in [1.807, 2.05) is 0 Å². The van der Waals surface area contributed by atoms with Crippen LogP contribution in [0.1, 0.15) is 77.0 Å². The lowest BCUT2D eigenvalue weighted by atomic mass is 9.85. The van der Waals surface area contributed by atoms with Crippen LogP contribution in [-0.2, 0) is 0 Å². The number of amides is 4. The summed E-state index contributed by atoms with van der Waals surface area (Å²) in [5.41, 5.74) is 0. The van der Waals surface area contributed by atoms with E-state index < -0.39 is 0 Å². The second-order valence-electron chi connectivity index (χ2n) is 11.3. The molecule has 3 aliphatic carbocycles. The largest absolute Gasteiger partial charge is 0.372 e. The van der Waals surface area contributed by atoms with Crippen molar-refractivity contribution >= 4 is 23.7 Å². The Morgan fingerprint density at radius 1 is 0.583 bits per heavy atom. The maximum absolute atomic E-state index is 12.7. The van der Waals surface area contributed by atoms with Gasteiger partial charge in [0.2, 0.25) is 0 Å². The van der Waals surface area contributed by atoms with E-state index in [2.05, 4.69) is 41.9 Å². The average molecular weight is 501 g/mol. The number of amidine groups is 2. The number of nitrogens with one attached hydrogen (secondary N) is 6. The van der Waals surface area contributed by atoms with Crippen molar-refractivity contribution in [1.29, 1.82) is 0 Å². The number of urea groups is 2. The topological polar surface area (TPSA) is 131 Å². The van der Waals surface area contributed by atoms with Crippen LogP contribution in [0.4, 0.5) is 9.59 Å². The summed E-state index contributed by atoms with van der Waals surface area (Å²) in [4.78, 5) is 34.5. The third-order valence-electron chi connectivity index (χ3n) is 8.64. The van der Waals surface area contributed by atoms with Crippen molar-refractivity contribution in [1.82, 2.24) is 31.9 Å². The Morgan fingerprint density at radius 2 is 1.00 bits per heavy atom. The molecule has 0 radical (unpaired) electrons. The minimum atomic E-state index is -0.0667. The van der Waals surface area contributed by atoms with Crippen molar-refractivity contribution in [2.24, 2.45) is 21.8 Å². The molecule has 2 unspecified atom stereocenters. The van der Waals surface area contributed by atoms with E-state index >= 15 is 0 Å². The fourth-order valence-corrected chi connectivity index (χ4v) is 6.68. The van der Waals surface area contributed by atoms with Crippen LogP contribution in [0.2, 0.25) is 0 Å². The molecule has 0 aromatic rings. The molecule has 3 fully saturated rings. The van der Waals surface area contributed by atoms with E-state index in [-0.39, 0.29) is 36.2 Å². The van der Waals surface area contributed by atoms with Gasteiger partial charge in [0.05, 0.1) is 24.8 Å². The van der Waals surface area contributed by atoms with Gasteiger partial charge in [0.1, 0.15) is 0 Å². The van der Waals surface area contributed by atoms with Gasteiger partial charge in [-0.05, 0) is 77.0 Å². The quantitative estimate of drug-likeness (QED) is 0.333. The lowest BCUT2D eigenvalue weighted by Gasteiger charge is -2.33. The summed E-state index contributed by atoms with van der Waals surface area (Å²) in [7, 11) is 0. The van der Waals surface area contributed by atoms with Crippen LogP contribution in [0, 0.1) is 11.8 Å². The van der Waals surface area contributed by atoms with Crippen LogP contribution in [0.15, 0.2) is 9.98 Å². The van der Waals surface area contributed by atoms with E-state index in [1.54, 1.807) is 0 Å². The maximum atomic E-state index is 12.7. The minimum Gasteiger partial charge on any atom is -0.372 e. The van der Waals surface area contributed by atoms with E-state index in [9.17, 15) is 9.59 Å². The SMILES string of the molecule is O=C(NC1CCC(C2=NCCN2)CC1)NC1CCCC(NC(=O)NC2CCC(C3=NCCN3)CC2)C1. The van der Waals surface area contributed by atoms with Gasteiger partial charge in [-0.2, -0.15) is 0 Å². The smallest absolute Gasteiger partial charge is 0.315 e. The molecule has 36 heavy (non-hydrogen) atoms. The molecule has 200 valence electrons. The monoisotopic (exact) mass is 500 g/mol. The number of carbonyl (C=O) groups excluding carboxylic acids is 2. The summed E-state index contributed by atoms with van der Waals surface area (Å²) in [5.74, 6) is 3.40. The number of rotatable bonds is 6. The Hall–Kier alpha value is -2.52. The molecule has 0 aromatic carbocycles. The van der Waals surface area contributed by atoms with E-state index in [0.29, 0.717) is 11.8 Å². The van der Waals surface area contributed by atoms with Gasteiger partial charge in [0.15, 0.2) is 0 Å². The van der Waals surface area contributed by atoms with Gasteiger partial charge in [-0.25, -0.2) is 9.59 Å². The normalized spacial score (nSPS) is 34.4. The van der Waals surface area contributed by atoms with Gasteiger partial charge in [0.25, 0.3) is 0 Å². The Kier molecular flexibility index (Phi) is 8.48. The number of nitrogens with zero attached hydrogens (tertiary/aromatic N) is 2. The second-order valence-corrected chi connectivity index (χ2v) is 11.3. The molecule has 2 heterocycles. The third-order valence-corrected chi connectivity index (χ3v) is 8.64. The molecule has 0 spiro atoms. The lowest BCUT2D eigenvalue weighted by Crippen LogP contribution is -2.53. The molecule has 6 N–H and O–H groups in total. The Morgan fingerprint density at radius 3 is 1.39 bits per heavy atom. The highest BCUT2D eigenvalue weighted by Gasteiger charge is 2.30. The number of carbonyl (C=O) groups is 2. The highest BCUT2D eigenvalue weighted by atomic mass is 16.2. The van der Waals surface area contributed by atoms with Crippen LogP contribution < -0.4 is 31.9 Å². The summed E-state index contributed by atoms with van der Waals surface area (Å²) in [6.45, 7) is 3.71. The second kappa shape index (κ2) is 12.1. The summed E-state index contributed by atoms with van der Waals surface area (Å²) in [6, 6.07) is 0.544. The van der Waals surface area contributed by atoms with Gasteiger partial charge >= 0.3 is 12.1 Å². The van der Waals surface area contributed by atoms with E-state index in [4.69, 9.17) is 0 Å². The molecule has 5 aliphatic rings. The van der Waals surface area contributed by atoms with Crippen molar-refractivity contribution in [3.8, 4) is 0 Å². The predicted octanol–water partition coefficient (Wildman–Crippen LogP) is 2.02. The molecule has 10 heteroatoms. The highest BCUT2D eigenvalue weighted by Crippen LogP contribution is 2.27. The lowest BCUT2D eigenvalue weighted by molar-refractivity contribution is 0.212. The molecule has 2 atom stereocenters. The average Bonchev–Trinajstić information content (AvgIpc) is 3.60. The van der Waals surface area contributed by atoms with Gasteiger partial charge in [-0.15, -0.1) is 0 Å². The molecule has 0 saturated heterocycles. The van der Waals surface area contributed by atoms with Crippen LogP contribution in [0.3, 0.4) is 0 Å². The summed E-state index contributed by atoms with van der Waals surface area (Å²) >= 11 is 0. The Balaban J connectivity index is 0.975. The Bertz CT molecular complexity index is 764. The van der Waals surface area contributed by atoms with Crippen molar-refractivity contribution in [3.63, 3.8) is 0 Å². The zero-order valence-corrected chi connectivity index (χ0v) is 21.5. The van der Waals surface area contributed by atoms with Crippen molar-refractivity contribution in [2.75, 3.05) is 26.2 Å². The van der Waals surface area contributed by atoms with E-state index in [0.717, 1.165) is 103 Å². The molecule has 5 rings (SSSR count). The van der Waals surface area contributed by atoms with Gasteiger partial charge in [-0.1, -0.05) is 0 Å². The number of hydrogen-bond acceptors (Lipinski definition) is 6. The predicted molar refractivity (Wildman–Crippen MR) is 141 cm³/mol. The molecule has 2 aliphatic heterocycles. The van der Waals surface area contributed by atoms with Gasteiger partial charge in [-0.3, -0.25) is 9.98 Å². The third kappa shape index (κ3) is 6.82. The van der Waals surface area contributed by atoms with Crippen LogP contribution >= 0.6 is 0 Å². The first-order valence-electron chi connectivity index (χ1n) is 14.3. The molecule has 10 nitrogen and oxygen atoms in total. The first-order chi connectivity index (χ1) is 17.6. The molecular weight excluding hydrogens is 456 g/mol. The highest BCUT2D eigenvalue weighted by molar-refractivity contribution is 5.86. The summed E-state index contributed by atoms with van der Waals surface area (Å²) in [6.07, 6.45) is 12.0. The van der Waals surface area contributed by atoms with Crippen molar-refractivity contribution in [2.45, 2.75) is 101 Å². The fourth-order valence-electron chi connectivity index (χ4n) is 6.68. The zero-order valence-electron chi connectivity index (χ0n) is 21.5. The zero-order chi connectivity index (χ0) is 24.7. The van der Waals surface area contributed by atoms with E-state index in [1.165, 1.54) is 11.7 Å². The molecule has 0 aromatic heterocycles. The molecule has 4 amide bonds. The standard InChI is InChI=1S/C26H44N8O2/c35-25(31-19-8-4-17(5-9-19)23-27-12-13-28-23)33-21-2-1-3-22(16-21)34-26(36)32-20-10-6-18(7-11-20)24-29-14-15-30-24/h17-22H,1-16H2,(H,27,28)(H,29,30)(H2,31,33,35)(H2,32,34,36). The van der Waals surface area contributed by atoms with Crippen LogP contribution in [0.25, 0.3) is 0 Å². The maximum Gasteiger partial charge on any atom is 0.315 e. The first kappa shape index (κ1) is 25.1. The van der Waals surface area contributed by atoms with Crippen LogP contribution in [-0.4, -0.2) is 74.1 Å². The fraction of sp³-hybridized carbons (Fsp3) is 0.846. The first-order valence-corrected chi connectivity index (χ1v) is 14.3.